The Balaban J connectivity index is 1.96. The molecule has 1 fully saturated rings. The maximum absolute atomic E-state index is 13.1. The van der Waals surface area contributed by atoms with Crippen molar-refractivity contribution in [3.05, 3.63) is 60.2 Å². The van der Waals surface area contributed by atoms with Gasteiger partial charge in [-0.25, -0.2) is 9.00 Å². The highest BCUT2D eigenvalue weighted by Crippen LogP contribution is 2.26. The van der Waals surface area contributed by atoms with E-state index in [4.69, 9.17) is 4.74 Å². The van der Waals surface area contributed by atoms with Gasteiger partial charge in [-0.1, -0.05) is 54.6 Å². The fourth-order valence-corrected chi connectivity index (χ4v) is 4.48. The van der Waals surface area contributed by atoms with Gasteiger partial charge >= 0.3 is 6.09 Å². The SMILES string of the molecule is CC(C)(C)OC(=O)N1CCCC(=N[S@](=O)C(C)(C)C)C1Cc1cccc(-c2ccccc2)c1. The van der Waals surface area contributed by atoms with Crippen LogP contribution in [-0.2, 0) is 22.1 Å². The molecule has 1 aliphatic heterocycles. The normalized spacial score (nSPS) is 19.4. The van der Waals surface area contributed by atoms with E-state index in [-0.39, 0.29) is 12.1 Å². The van der Waals surface area contributed by atoms with Crippen LogP contribution in [0.4, 0.5) is 4.79 Å². The zero-order valence-corrected chi connectivity index (χ0v) is 21.4. The van der Waals surface area contributed by atoms with Gasteiger partial charge in [0.05, 0.1) is 16.5 Å². The molecule has 0 bridgehead atoms. The monoisotopic (exact) mass is 468 g/mol. The molecule has 0 aromatic heterocycles. The Kier molecular flexibility index (Phi) is 7.78. The summed E-state index contributed by atoms with van der Waals surface area (Å²) < 4.78 is 22.8. The van der Waals surface area contributed by atoms with Crippen LogP contribution in [-0.4, -0.2) is 43.8 Å². The van der Waals surface area contributed by atoms with Gasteiger partial charge in [0, 0.05) is 6.54 Å². The standard InChI is InChI=1S/C27H36N2O3S/c1-26(2,3)32-25(30)29-17-11-16-23(28-33(31)27(4,5)6)24(29)19-20-12-10-15-22(18-20)21-13-8-7-9-14-21/h7-10,12-15,18,24H,11,16-17,19H2,1-6H3/t24?,33-/m1/s1. The molecular weight excluding hydrogens is 432 g/mol. The largest absolute Gasteiger partial charge is 0.444 e. The quantitative estimate of drug-likeness (QED) is 0.537. The first-order chi connectivity index (χ1) is 15.4. The van der Waals surface area contributed by atoms with E-state index in [2.05, 4.69) is 34.7 Å². The number of nitrogens with zero attached hydrogens (tertiary/aromatic N) is 2. The summed E-state index contributed by atoms with van der Waals surface area (Å²) in [6.07, 6.45) is 1.75. The molecule has 1 saturated heterocycles. The Labute approximate surface area is 200 Å². The lowest BCUT2D eigenvalue weighted by Crippen LogP contribution is -2.51. The second-order valence-corrected chi connectivity index (χ2v) is 12.4. The Morgan fingerprint density at radius 2 is 1.70 bits per heavy atom. The van der Waals surface area contributed by atoms with Crippen molar-refractivity contribution in [2.24, 2.45) is 4.40 Å². The molecule has 178 valence electrons. The van der Waals surface area contributed by atoms with Crippen LogP contribution in [0.15, 0.2) is 59.0 Å². The van der Waals surface area contributed by atoms with E-state index in [1.807, 2.05) is 65.8 Å². The predicted molar refractivity (Wildman–Crippen MR) is 137 cm³/mol. The number of hydrogen-bond acceptors (Lipinski definition) is 3. The summed E-state index contributed by atoms with van der Waals surface area (Å²) in [5.74, 6) is 0. The number of benzene rings is 2. The van der Waals surface area contributed by atoms with Crippen molar-refractivity contribution < 1.29 is 13.7 Å². The molecule has 0 spiro atoms. The van der Waals surface area contributed by atoms with Crippen LogP contribution < -0.4 is 0 Å². The first kappa shape index (κ1) is 25.2. The van der Waals surface area contributed by atoms with Crippen molar-refractivity contribution in [1.29, 1.82) is 0 Å². The zero-order valence-electron chi connectivity index (χ0n) is 20.6. The number of carbonyl (C=O) groups is 1. The number of likely N-dealkylation sites (tertiary alicyclic amines) is 1. The number of piperidine rings is 1. The van der Waals surface area contributed by atoms with Gasteiger partial charge in [-0.2, -0.15) is 4.40 Å². The predicted octanol–water partition coefficient (Wildman–Crippen LogP) is 6.20. The first-order valence-electron chi connectivity index (χ1n) is 11.6. The number of amides is 1. The van der Waals surface area contributed by atoms with Crippen LogP contribution in [0.5, 0.6) is 0 Å². The number of rotatable bonds is 4. The van der Waals surface area contributed by atoms with Crippen molar-refractivity contribution in [3.63, 3.8) is 0 Å². The maximum atomic E-state index is 13.1. The Hall–Kier alpha value is -2.47. The van der Waals surface area contributed by atoms with Gasteiger partial charge in [-0.15, -0.1) is 0 Å². The van der Waals surface area contributed by atoms with Crippen LogP contribution in [0.25, 0.3) is 11.1 Å². The summed E-state index contributed by atoms with van der Waals surface area (Å²) in [5.41, 5.74) is 3.61. The maximum Gasteiger partial charge on any atom is 0.410 e. The van der Waals surface area contributed by atoms with Gasteiger partial charge in [0.15, 0.2) is 0 Å². The third kappa shape index (κ3) is 7.00. The Bertz CT molecular complexity index is 1020. The molecule has 0 radical (unpaired) electrons. The van der Waals surface area contributed by atoms with E-state index >= 15 is 0 Å². The van der Waals surface area contributed by atoms with Crippen molar-refractivity contribution in [2.75, 3.05) is 6.54 Å². The average Bonchev–Trinajstić information content (AvgIpc) is 2.74. The molecule has 2 atom stereocenters. The fourth-order valence-electron chi connectivity index (χ4n) is 3.78. The van der Waals surface area contributed by atoms with Gasteiger partial charge < -0.3 is 4.74 Å². The molecule has 2 aromatic rings. The Morgan fingerprint density at radius 1 is 1.03 bits per heavy atom. The third-order valence-electron chi connectivity index (χ3n) is 5.41. The molecule has 0 N–H and O–H groups in total. The second kappa shape index (κ2) is 10.2. The van der Waals surface area contributed by atoms with Crippen LogP contribution in [0.3, 0.4) is 0 Å². The smallest absolute Gasteiger partial charge is 0.410 e. The highest BCUT2D eigenvalue weighted by molar-refractivity contribution is 7.85. The molecule has 1 amide bonds. The van der Waals surface area contributed by atoms with Crippen LogP contribution >= 0.6 is 0 Å². The number of hydrogen-bond donors (Lipinski definition) is 0. The zero-order chi connectivity index (χ0) is 24.2. The molecule has 6 heteroatoms. The minimum absolute atomic E-state index is 0.286. The molecule has 2 aromatic carbocycles. The highest BCUT2D eigenvalue weighted by atomic mass is 32.2. The lowest BCUT2D eigenvalue weighted by molar-refractivity contribution is 0.0194. The molecular formula is C27H36N2O3S. The molecule has 1 heterocycles. The highest BCUT2D eigenvalue weighted by Gasteiger charge is 2.35. The molecule has 33 heavy (non-hydrogen) atoms. The van der Waals surface area contributed by atoms with Gasteiger partial charge in [0.1, 0.15) is 16.6 Å². The lowest BCUT2D eigenvalue weighted by atomic mass is 9.92. The summed E-state index contributed by atoms with van der Waals surface area (Å²) in [6, 6.07) is 18.3. The summed E-state index contributed by atoms with van der Waals surface area (Å²) in [7, 11) is -1.39. The fraction of sp³-hybridized carbons (Fsp3) is 0.481. The summed E-state index contributed by atoms with van der Waals surface area (Å²) in [4.78, 5) is 14.9. The average molecular weight is 469 g/mol. The van der Waals surface area contributed by atoms with Crippen molar-refractivity contribution >= 4 is 22.8 Å². The van der Waals surface area contributed by atoms with Gasteiger partial charge in [-0.05, 0) is 77.5 Å². The summed E-state index contributed by atoms with van der Waals surface area (Å²) in [6.45, 7) is 12.0. The van der Waals surface area contributed by atoms with Gasteiger partial charge in [0.2, 0.25) is 0 Å². The number of carbonyl (C=O) groups excluding carboxylic acids is 1. The van der Waals surface area contributed by atoms with Crippen molar-refractivity contribution in [1.82, 2.24) is 4.90 Å². The first-order valence-corrected chi connectivity index (χ1v) is 12.7. The topological polar surface area (TPSA) is 59.0 Å². The lowest BCUT2D eigenvalue weighted by Gasteiger charge is -2.38. The molecule has 5 nitrogen and oxygen atoms in total. The van der Waals surface area contributed by atoms with Crippen LogP contribution in [0, 0.1) is 0 Å². The van der Waals surface area contributed by atoms with Gasteiger partial charge in [0.25, 0.3) is 0 Å². The van der Waals surface area contributed by atoms with E-state index in [1.54, 1.807) is 4.90 Å². The molecule has 0 saturated carbocycles. The minimum Gasteiger partial charge on any atom is -0.444 e. The van der Waals surface area contributed by atoms with E-state index in [9.17, 15) is 9.00 Å². The van der Waals surface area contributed by atoms with E-state index in [1.165, 1.54) is 0 Å². The minimum atomic E-state index is -1.39. The summed E-state index contributed by atoms with van der Waals surface area (Å²) >= 11 is 0. The van der Waals surface area contributed by atoms with Crippen molar-refractivity contribution in [2.45, 2.75) is 77.2 Å². The second-order valence-electron chi connectivity index (χ2n) is 10.5. The number of ether oxygens (including phenoxy) is 1. The van der Waals surface area contributed by atoms with Crippen molar-refractivity contribution in [3.8, 4) is 11.1 Å². The van der Waals surface area contributed by atoms with E-state index in [0.29, 0.717) is 13.0 Å². The third-order valence-corrected chi connectivity index (χ3v) is 6.86. The Morgan fingerprint density at radius 3 is 2.33 bits per heavy atom. The van der Waals surface area contributed by atoms with E-state index < -0.39 is 21.3 Å². The molecule has 1 unspecified atom stereocenters. The summed E-state index contributed by atoms with van der Waals surface area (Å²) in [5, 5.41) is 0. The molecule has 3 rings (SSSR count). The van der Waals surface area contributed by atoms with Crippen LogP contribution in [0.2, 0.25) is 0 Å². The van der Waals surface area contributed by atoms with Crippen LogP contribution in [0.1, 0.15) is 59.9 Å². The van der Waals surface area contributed by atoms with E-state index in [0.717, 1.165) is 35.2 Å². The molecule has 0 aliphatic carbocycles. The van der Waals surface area contributed by atoms with Gasteiger partial charge in [-0.3, -0.25) is 4.90 Å². The molecule has 1 aliphatic rings.